The molecule has 0 fully saturated rings. The van der Waals surface area contributed by atoms with Crippen LogP contribution in [0.3, 0.4) is 0 Å². The van der Waals surface area contributed by atoms with Gasteiger partial charge in [-0.05, 0) is 74.7 Å². The molecule has 0 bridgehead atoms. The summed E-state index contributed by atoms with van der Waals surface area (Å²) >= 11 is 0. The zero-order valence-electron chi connectivity index (χ0n) is 19.6. The SMILES string of the molecule is COc1ccc([C@@H](C)NC(=O)CN(c2cccc(C)c2C)S(=O)(=O)c2ccc(C)cc2)cc1. The number of anilines is 1. The number of carbonyl (C=O) groups is 1. The number of nitrogens with zero attached hydrogens (tertiary/aromatic N) is 1. The van der Waals surface area contributed by atoms with E-state index >= 15 is 0 Å². The largest absolute Gasteiger partial charge is 0.497 e. The lowest BCUT2D eigenvalue weighted by Gasteiger charge is -2.27. The second-order valence-corrected chi connectivity index (χ2v) is 9.97. The summed E-state index contributed by atoms with van der Waals surface area (Å²) in [6.07, 6.45) is 0. The third kappa shape index (κ3) is 5.54. The molecule has 0 unspecified atom stereocenters. The molecule has 1 atom stereocenters. The van der Waals surface area contributed by atoms with Gasteiger partial charge in [0.05, 0.1) is 23.7 Å². The van der Waals surface area contributed by atoms with Crippen molar-refractivity contribution in [1.29, 1.82) is 0 Å². The van der Waals surface area contributed by atoms with Crippen LogP contribution in [-0.4, -0.2) is 28.0 Å². The zero-order valence-corrected chi connectivity index (χ0v) is 20.4. The van der Waals surface area contributed by atoms with E-state index < -0.39 is 15.9 Å². The number of ether oxygens (including phenoxy) is 1. The highest BCUT2D eigenvalue weighted by Crippen LogP contribution is 2.29. The van der Waals surface area contributed by atoms with E-state index in [0.717, 1.165) is 28.0 Å². The maximum Gasteiger partial charge on any atom is 0.264 e. The molecule has 0 heterocycles. The number of benzene rings is 3. The van der Waals surface area contributed by atoms with Crippen LogP contribution in [0.2, 0.25) is 0 Å². The first-order chi connectivity index (χ1) is 15.6. The molecule has 7 heteroatoms. The van der Waals surface area contributed by atoms with Crippen LogP contribution in [0.5, 0.6) is 5.75 Å². The quantitative estimate of drug-likeness (QED) is 0.522. The Morgan fingerprint density at radius 3 is 2.21 bits per heavy atom. The second kappa shape index (κ2) is 10.1. The lowest BCUT2D eigenvalue weighted by molar-refractivity contribution is -0.120. The van der Waals surface area contributed by atoms with Crippen molar-refractivity contribution in [3.63, 3.8) is 0 Å². The third-order valence-electron chi connectivity index (χ3n) is 5.73. The highest BCUT2D eigenvalue weighted by atomic mass is 32.2. The molecule has 0 aliphatic heterocycles. The number of sulfonamides is 1. The van der Waals surface area contributed by atoms with Gasteiger partial charge in [0.25, 0.3) is 10.0 Å². The van der Waals surface area contributed by atoms with Crippen molar-refractivity contribution in [3.05, 3.63) is 89.0 Å². The first-order valence-electron chi connectivity index (χ1n) is 10.7. The molecule has 174 valence electrons. The van der Waals surface area contributed by atoms with Gasteiger partial charge in [0.2, 0.25) is 5.91 Å². The normalized spacial score (nSPS) is 12.2. The summed E-state index contributed by atoms with van der Waals surface area (Å²) in [5, 5.41) is 2.91. The number of nitrogens with one attached hydrogen (secondary N) is 1. The minimum atomic E-state index is -3.96. The standard InChI is InChI=1S/C26H30N2O4S/c1-18-9-15-24(16-10-18)33(30,31)28(25-8-6-7-19(2)20(25)3)17-26(29)27-21(4)22-11-13-23(32-5)14-12-22/h6-16,21H,17H2,1-5H3,(H,27,29)/t21-/m1/s1. The summed E-state index contributed by atoms with van der Waals surface area (Å²) in [5.41, 5.74) is 4.10. The molecule has 0 saturated carbocycles. The average molecular weight is 467 g/mol. The monoisotopic (exact) mass is 466 g/mol. The van der Waals surface area contributed by atoms with E-state index in [1.54, 1.807) is 43.5 Å². The van der Waals surface area contributed by atoms with Gasteiger partial charge in [-0.15, -0.1) is 0 Å². The number of rotatable bonds is 8. The summed E-state index contributed by atoms with van der Waals surface area (Å²) in [4.78, 5) is 13.2. The fourth-order valence-corrected chi connectivity index (χ4v) is 5.01. The van der Waals surface area contributed by atoms with E-state index in [4.69, 9.17) is 4.74 Å². The molecule has 0 aromatic heterocycles. The smallest absolute Gasteiger partial charge is 0.264 e. The predicted molar refractivity (Wildman–Crippen MR) is 131 cm³/mol. The second-order valence-electron chi connectivity index (χ2n) is 8.11. The van der Waals surface area contributed by atoms with Crippen molar-refractivity contribution >= 4 is 21.6 Å². The van der Waals surface area contributed by atoms with E-state index in [0.29, 0.717) is 5.69 Å². The summed E-state index contributed by atoms with van der Waals surface area (Å²) in [6.45, 7) is 7.20. The zero-order chi connectivity index (χ0) is 24.2. The molecule has 1 N–H and O–H groups in total. The van der Waals surface area contributed by atoms with E-state index in [2.05, 4.69) is 5.32 Å². The summed E-state index contributed by atoms with van der Waals surface area (Å²) in [6, 6.07) is 19.2. The van der Waals surface area contributed by atoms with Crippen molar-refractivity contribution in [2.24, 2.45) is 0 Å². The van der Waals surface area contributed by atoms with Crippen molar-refractivity contribution in [3.8, 4) is 5.75 Å². The Morgan fingerprint density at radius 1 is 0.970 bits per heavy atom. The molecular formula is C26H30N2O4S. The van der Waals surface area contributed by atoms with Crippen molar-refractivity contribution in [2.45, 2.75) is 38.6 Å². The van der Waals surface area contributed by atoms with Gasteiger partial charge in [-0.3, -0.25) is 9.10 Å². The molecule has 3 aromatic carbocycles. The highest BCUT2D eigenvalue weighted by Gasteiger charge is 2.29. The molecule has 0 saturated heterocycles. The van der Waals surface area contributed by atoms with Crippen LogP contribution in [0.15, 0.2) is 71.6 Å². The van der Waals surface area contributed by atoms with Gasteiger partial charge >= 0.3 is 0 Å². The Labute approximate surface area is 196 Å². The van der Waals surface area contributed by atoms with Gasteiger partial charge in [0, 0.05) is 0 Å². The maximum absolute atomic E-state index is 13.6. The van der Waals surface area contributed by atoms with Crippen LogP contribution >= 0.6 is 0 Å². The minimum Gasteiger partial charge on any atom is -0.497 e. The Kier molecular flexibility index (Phi) is 7.43. The van der Waals surface area contributed by atoms with Crippen LogP contribution in [-0.2, 0) is 14.8 Å². The van der Waals surface area contributed by atoms with Crippen LogP contribution in [0.4, 0.5) is 5.69 Å². The van der Waals surface area contributed by atoms with Crippen molar-refractivity contribution < 1.29 is 17.9 Å². The van der Waals surface area contributed by atoms with Gasteiger partial charge < -0.3 is 10.1 Å². The first-order valence-corrected chi connectivity index (χ1v) is 12.2. The number of carbonyl (C=O) groups excluding carboxylic acids is 1. The number of hydrogen-bond acceptors (Lipinski definition) is 4. The maximum atomic E-state index is 13.6. The van der Waals surface area contributed by atoms with Crippen LogP contribution in [0, 0.1) is 20.8 Å². The van der Waals surface area contributed by atoms with Gasteiger partial charge in [0.15, 0.2) is 0 Å². The highest BCUT2D eigenvalue weighted by molar-refractivity contribution is 7.92. The fourth-order valence-electron chi connectivity index (χ4n) is 3.54. The van der Waals surface area contributed by atoms with Gasteiger partial charge in [-0.25, -0.2) is 8.42 Å². The van der Waals surface area contributed by atoms with Gasteiger partial charge in [-0.2, -0.15) is 0 Å². The molecule has 6 nitrogen and oxygen atoms in total. The topological polar surface area (TPSA) is 75.7 Å². The summed E-state index contributed by atoms with van der Waals surface area (Å²) in [5.74, 6) is 0.331. The molecule has 0 spiro atoms. The molecular weight excluding hydrogens is 436 g/mol. The fraction of sp³-hybridized carbons (Fsp3) is 0.269. The molecule has 3 aromatic rings. The lowest BCUT2D eigenvalue weighted by atomic mass is 10.1. The lowest BCUT2D eigenvalue weighted by Crippen LogP contribution is -2.42. The Hall–Kier alpha value is -3.32. The minimum absolute atomic E-state index is 0.144. The first kappa shape index (κ1) is 24.3. The molecule has 0 aliphatic carbocycles. The van der Waals surface area contributed by atoms with E-state index in [-0.39, 0.29) is 17.5 Å². The van der Waals surface area contributed by atoms with E-state index in [9.17, 15) is 13.2 Å². The average Bonchev–Trinajstić information content (AvgIpc) is 2.79. The third-order valence-corrected chi connectivity index (χ3v) is 7.51. The summed E-state index contributed by atoms with van der Waals surface area (Å²) in [7, 11) is -2.36. The number of aryl methyl sites for hydroxylation is 2. The Morgan fingerprint density at radius 2 is 1.61 bits per heavy atom. The molecule has 0 radical (unpaired) electrons. The van der Waals surface area contributed by atoms with Crippen LogP contribution in [0.25, 0.3) is 0 Å². The summed E-state index contributed by atoms with van der Waals surface area (Å²) < 4.78 is 33.6. The molecule has 0 aliphatic rings. The van der Waals surface area contributed by atoms with Gasteiger partial charge in [0.1, 0.15) is 12.3 Å². The molecule has 3 rings (SSSR count). The molecule has 1 amide bonds. The van der Waals surface area contributed by atoms with E-state index in [1.807, 2.05) is 58.0 Å². The van der Waals surface area contributed by atoms with Crippen LogP contribution in [0.1, 0.15) is 35.2 Å². The Bertz CT molecular complexity index is 1220. The predicted octanol–water partition coefficient (Wildman–Crippen LogP) is 4.69. The Balaban J connectivity index is 1.91. The van der Waals surface area contributed by atoms with Crippen LogP contribution < -0.4 is 14.4 Å². The number of hydrogen-bond donors (Lipinski definition) is 1. The number of amides is 1. The number of methoxy groups -OCH3 is 1. The van der Waals surface area contributed by atoms with E-state index in [1.165, 1.54) is 4.31 Å². The van der Waals surface area contributed by atoms with Crippen molar-refractivity contribution in [1.82, 2.24) is 5.32 Å². The van der Waals surface area contributed by atoms with Gasteiger partial charge in [-0.1, -0.05) is 42.0 Å². The van der Waals surface area contributed by atoms with Crippen molar-refractivity contribution in [2.75, 3.05) is 18.0 Å². The molecule has 33 heavy (non-hydrogen) atoms.